The van der Waals surface area contributed by atoms with Crippen LogP contribution in [-0.4, -0.2) is 40.9 Å². The molecule has 0 aliphatic carbocycles. The van der Waals surface area contributed by atoms with E-state index in [1.165, 1.54) is 0 Å². The molecule has 0 amide bonds. The summed E-state index contributed by atoms with van der Waals surface area (Å²) in [6.45, 7) is 11.8. The maximum atomic E-state index is 4.34. The van der Waals surface area contributed by atoms with Crippen molar-refractivity contribution in [3.63, 3.8) is 0 Å². The second-order valence-corrected chi connectivity index (χ2v) is 3.95. The molecule has 4 heteroatoms. The molecule has 1 heterocycles. The first-order valence-corrected chi connectivity index (χ1v) is 6.28. The Kier molecular flexibility index (Phi) is 5.93. The second kappa shape index (κ2) is 7.28. The van der Waals surface area contributed by atoms with Gasteiger partial charge in [0.15, 0.2) is 0 Å². The minimum absolute atomic E-state index is 0.968. The summed E-state index contributed by atoms with van der Waals surface area (Å²) in [6.07, 6.45) is 5.13. The third-order valence-corrected chi connectivity index (χ3v) is 2.75. The van der Waals surface area contributed by atoms with Gasteiger partial charge in [0.2, 0.25) is 0 Å². The summed E-state index contributed by atoms with van der Waals surface area (Å²) >= 11 is 0. The molecule has 1 aromatic heterocycles. The van der Waals surface area contributed by atoms with E-state index in [4.69, 9.17) is 0 Å². The summed E-state index contributed by atoms with van der Waals surface area (Å²) in [5.41, 5.74) is 1.13. The molecule has 0 atom stereocenters. The number of hydrogen-bond acceptors (Lipinski definition) is 3. The Labute approximate surface area is 98.6 Å². The Bertz CT molecular complexity index is 278. The summed E-state index contributed by atoms with van der Waals surface area (Å²) in [4.78, 5) is 2.40. The summed E-state index contributed by atoms with van der Waals surface area (Å²) in [6, 6.07) is 0. The van der Waals surface area contributed by atoms with Crippen LogP contribution in [0.5, 0.6) is 0 Å². The van der Waals surface area contributed by atoms with Crippen LogP contribution in [0.2, 0.25) is 0 Å². The van der Waals surface area contributed by atoms with Gasteiger partial charge in [-0.2, -0.15) is 5.10 Å². The zero-order valence-corrected chi connectivity index (χ0v) is 10.7. The maximum Gasteiger partial charge on any atom is 0.0726 e. The van der Waals surface area contributed by atoms with Crippen molar-refractivity contribution in [3.05, 3.63) is 12.4 Å². The van der Waals surface area contributed by atoms with Gasteiger partial charge >= 0.3 is 0 Å². The van der Waals surface area contributed by atoms with Crippen LogP contribution < -0.4 is 5.32 Å². The Hall–Kier alpha value is -1.03. The monoisotopic (exact) mass is 224 g/mol. The minimum atomic E-state index is 0.968. The normalized spacial score (nSPS) is 11.0. The van der Waals surface area contributed by atoms with Crippen LogP contribution in [0, 0.1) is 0 Å². The molecule has 4 nitrogen and oxygen atoms in total. The van der Waals surface area contributed by atoms with Crippen molar-refractivity contribution in [1.82, 2.24) is 14.7 Å². The molecule has 0 saturated heterocycles. The predicted molar refractivity (Wildman–Crippen MR) is 68.8 cm³/mol. The lowest BCUT2D eigenvalue weighted by Crippen LogP contribution is -2.27. The highest BCUT2D eigenvalue weighted by Gasteiger charge is 2.01. The van der Waals surface area contributed by atoms with Crippen molar-refractivity contribution in [3.8, 4) is 0 Å². The van der Waals surface area contributed by atoms with Crippen molar-refractivity contribution in [1.29, 1.82) is 0 Å². The molecular formula is C12H24N4. The number of anilines is 1. The molecule has 0 aliphatic rings. The van der Waals surface area contributed by atoms with Crippen LogP contribution in [0.25, 0.3) is 0 Å². The van der Waals surface area contributed by atoms with Gasteiger partial charge in [-0.25, -0.2) is 0 Å². The van der Waals surface area contributed by atoms with Crippen LogP contribution in [0.1, 0.15) is 27.2 Å². The SMILES string of the molecule is CCCNc1cnn(CCN(CC)CC)c1. The van der Waals surface area contributed by atoms with E-state index in [2.05, 4.69) is 42.3 Å². The lowest BCUT2D eigenvalue weighted by Gasteiger charge is -2.17. The van der Waals surface area contributed by atoms with Gasteiger partial charge in [-0.05, 0) is 19.5 Å². The molecule has 0 radical (unpaired) electrons. The molecule has 0 spiro atoms. The number of aromatic nitrogens is 2. The van der Waals surface area contributed by atoms with Crippen molar-refractivity contribution in [2.24, 2.45) is 0 Å². The highest BCUT2D eigenvalue weighted by Crippen LogP contribution is 2.04. The van der Waals surface area contributed by atoms with E-state index < -0.39 is 0 Å². The van der Waals surface area contributed by atoms with E-state index in [-0.39, 0.29) is 0 Å². The Balaban J connectivity index is 2.33. The smallest absolute Gasteiger partial charge is 0.0726 e. The molecule has 0 unspecified atom stereocenters. The van der Waals surface area contributed by atoms with Crippen LogP contribution >= 0.6 is 0 Å². The molecular weight excluding hydrogens is 200 g/mol. The summed E-state index contributed by atoms with van der Waals surface area (Å²) in [5, 5.41) is 7.67. The topological polar surface area (TPSA) is 33.1 Å². The van der Waals surface area contributed by atoms with E-state index in [9.17, 15) is 0 Å². The summed E-state index contributed by atoms with van der Waals surface area (Å²) < 4.78 is 2.01. The molecule has 0 bridgehead atoms. The van der Waals surface area contributed by atoms with E-state index in [0.717, 1.165) is 44.8 Å². The average Bonchev–Trinajstić information content (AvgIpc) is 2.76. The molecule has 16 heavy (non-hydrogen) atoms. The average molecular weight is 224 g/mol. The zero-order chi connectivity index (χ0) is 11.8. The fourth-order valence-corrected chi connectivity index (χ4v) is 1.63. The van der Waals surface area contributed by atoms with Crippen molar-refractivity contribution < 1.29 is 0 Å². The van der Waals surface area contributed by atoms with Crippen LogP contribution in [-0.2, 0) is 6.54 Å². The molecule has 0 aliphatic heterocycles. The van der Waals surface area contributed by atoms with Crippen LogP contribution in [0.15, 0.2) is 12.4 Å². The van der Waals surface area contributed by atoms with Gasteiger partial charge in [-0.15, -0.1) is 0 Å². The number of nitrogens with zero attached hydrogens (tertiary/aromatic N) is 3. The fraction of sp³-hybridized carbons (Fsp3) is 0.750. The van der Waals surface area contributed by atoms with Crippen molar-refractivity contribution >= 4 is 5.69 Å². The van der Waals surface area contributed by atoms with Crippen LogP contribution in [0.4, 0.5) is 5.69 Å². The van der Waals surface area contributed by atoms with E-state index in [1.54, 1.807) is 0 Å². The van der Waals surface area contributed by atoms with Gasteiger partial charge in [-0.3, -0.25) is 4.68 Å². The molecule has 1 rings (SSSR count). The Morgan fingerprint density at radius 3 is 2.69 bits per heavy atom. The third-order valence-electron chi connectivity index (χ3n) is 2.75. The second-order valence-electron chi connectivity index (χ2n) is 3.95. The first kappa shape index (κ1) is 13.0. The highest BCUT2D eigenvalue weighted by molar-refractivity contribution is 5.37. The van der Waals surface area contributed by atoms with Crippen molar-refractivity contribution in [2.45, 2.75) is 33.7 Å². The number of rotatable bonds is 8. The van der Waals surface area contributed by atoms with Gasteiger partial charge < -0.3 is 10.2 Å². The first-order valence-electron chi connectivity index (χ1n) is 6.28. The van der Waals surface area contributed by atoms with E-state index in [1.807, 2.05) is 10.9 Å². The molecule has 0 aromatic carbocycles. The van der Waals surface area contributed by atoms with Crippen molar-refractivity contribution in [2.75, 3.05) is 31.5 Å². The van der Waals surface area contributed by atoms with E-state index in [0.29, 0.717) is 0 Å². The lowest BCUT2D eigenvalue weighted by molar-refractivity contribution is 0.285. The maximum absolute atomic E-state index is 4.34. The minimum Gasteiger partial charge on any atom is -0.383 e. The van der Waals surface area contributed by atoms with Gasteiger partial charge in [0.25, 0.3) is 0 Å². The molecule has 1 N–H and O–H groups in total. The molecule has 0 fully saturated rings. The zero-order valence-electron chi connectivity index (χ0n) is 10.7. The predicted octanol–water partition coefficient (Wildman–Crippen LogP) is 2.05. The summed E-state index contributed by atoms with van der Waals surface area (Å²) in [5.74, 6) is 0. The fourth-order valence-electron chi connectivity index (χ4n) is 1.63. The third kappa shape index (κ3) is 4.23. The standard InChI is InChI=1S/C12H24N4/c1-4-7-13-12-10-14-16(11-12)9-8-15(5-2)6-3/h10-11,13H,4-9H2,1-3H3. The Morgan fingerprint density at radius 2 is 2.06 bits per heavy atom. The number of likely N-dealkylation sites (N-methyl/N-ethyl adjacent to an activating group) is 1. The van der Waals surface area contributed by atoms with Gasteiger partial charge in [0, 0.05) is 19.3 Å². The molecule has 0 saturated carbocycles. The number of hydrogen-bond donors (Lipinski definition) is 1. The van der Waals surface area contributed by atoms with E-state index >= 15 is 0 Å². The van der Waals surface area contributed by atoms with Gasteiger partial charge in [-0.1, -0.05) is 20.8 Å². The largest absolute Gasteiger partial charge is 0.383 e. The number of nitrogens with one attached hydrogen (secondary N) is 1. The molecule has 1 aromatic rings. The van der Waals surface area contributed by atoms with Crippen LogP contribution in [0.3, 0.4) is 0 Å². The lowest BCUT2D eigenvalue weighted by atomic mass is 10.4. The van der Waals surface area contributed by atoms with Gasteiger partial charge in [0.1, 0.15) is 0 Å². The van der Waals surface area contributed by atoms with Gasteiger partial charge in [0.05, 0.1) is 18.4 Å². The quantitative estimate of drug-likeness (QED) is 0.733. The highest BCUT2D eigenvalue weighted by atomic mass is 15.3. The first-order chi connectivity index (χ1) is 7.80. The Morgan fingerprint density at radius 1 is 1.31 bits per heavy atom. The molecule has 92 valence electrons. The summed E-state index contributed by atoms with van der Waals surface area (Å²) in [7, 11) is 0.